The van der Waals surface area contributed by atoms with Gasteiger partial charge in [0.05, 0.1) is 7.11 Å². The lowest BCUT2D eigenvalue weighted by atomic mass is 9.94. The van der Waals surface area contributed by atoms with Gasteiger partial charge in [-0.3, -0.25) is 24.1 Å². The van der Waals surface area contributed by atoms with Crippen LogP contribution >= 0.6 is 0 Å². The number of hydrogen-bond donors (Lipinski definition) is 6. The van der Waals surface area contributed by atoms with Gasteiger partial charge in [0.15, 0.2) is 5.69 Å². The first kappa shape index (κ1) is 32.4. The average molecular weight is 612 g/mol. The van der Waals surface area contributed by atoms with Gasteiger partial charge in [0.1, 0.15) is 17.3 Å². The lowest BCUT2D eigenvalue weighted by molar-refractivity contribution is 0.0690. The highest BCUT2D eigenvalue weighted by Crippen LogP contribution is 2.35. The van der Waals surface area contributed by atoms with Crippen LogP contribution in [-0.2, 0) is 10.4 Å². The Morgan fingerprint density at radius 3 is 2.21 bits per heavy atom. The third kappa shape index (κ3) is 8.45. The van der Waals surface area contributed by atoms with Crippen molar-refractivity contribution in [3.05, 3.63) is 83.2 Å². The van der Waals surface area contributed by atoms with Gasteiger partial charge >= 0.3 is 16.4 Å². The van der Waals surface area contributed by atoms with Gasteiger partial charge in [-0.2, -0.15) is 8.42 Å². The predicted octanol–water partition coefficient (Wildman–Crippen LogP) is 3.22. The SMILES string of the molecule is C=Cc1cc(C(=O)Nc2ccc(C(=N)N)cc2)c(-c2ccc(C(=O)N(C)C3CC3)nc2C(=O)O)cc1OC.O=S(=O)(O)O. The van der Waals surface area contributed by atoms with E-state index in [9.17, 15) is 19.5 Å². The normalized spacial score (nSPS) is 12.3. The maximum Gasteiger partial charge on any atom is 0.394 e. The molecular weight excluding hydrogens is 582 g/mol. The van der Waals surface area contributed by atoms with E-state index in [0.29, 0.717) is 22.6 Å². The highest BCUT2D eigenvalue weighted by atomic mass is 32.3. The van der Waals surface area contributed by atoms with E-state index in [-0.39, 0.29) is 45.9 Å². The maximum absolute atomic E-state index is 13.4. The molecule has 1 saturated carbocycles. The lowest BCUT2D eigenvalue weighted by Crippen LogP contribution is -2.30. The summed E-state index contributed by atoms with van der Waals surface area (Å²) >= 11 is 0. The zero-order chi connectivity index (χ0) is 32.1. The number of aromatic carboxylic acids is 1. The van der Waals surface area contributed by atoms with E-state index in [0.717, 1.165) is 12.8 Å². The van der Waals surface area contributed by atoms with Gasteiger partial charge < -0.3 is 25.8 Å². The summed E-state index contributed by atoms with van der Waals surface area (Å²) in [6, 6.07) is 12.6. The van der Waals surface area contributed by atoms with Crippen LogP contribution in [0.3, 0.4) is 0 Å². The number of benzene rings is 2. The number of ether oxygens (including phenoxy) is 1. The molecule has 43 heavy (non-hydrogen) atoms. The van der Waals surface area contributed by atoms with E-state index in [1.165, 1.54) is 25.3 Å². The Balaban J connectivity index is 0.000000934. The van der Waals surface area contributed by atoms with Crippen molar-refractivity contribution in [1.82, 2.24) is 9.88 Å². The molecule has 14 nitrogen and oxygen atoms in total. The first-order chi connectivity index (χ1) is 20.1. The second-order valence-corrected chi connectivity index (χ2v) is 10.2. The molecule has 1 aromatic heterocycles. The molecule has 3 aromatic rings. The number of carbonyl (C=O) groups is 3. The number of carboxylic acid groups (broad SMARTS) is 1. The van der Waals surface area contributed by atoms with Gasteiger partial charge in [0, 0.05) is 46.6 Å². The van der Waals surface area contributed by atoms with Crippen LogP contribution in [-0.4, -0.2) is 76.3 Å². The van der Waals surface area contributed by atoms with Gasteiger partial charge in [-0.1, -0.05) is 12.7 Å². The molecule has 0 atom stereocenters. The summed E-state index contributed by atoms with van der Waals surface area (Å²) in [6.45, 7) is 3.77. The van der Waals surface area contributed by atoms with E-state index >= 15 is 0 Å². The molecule has 0 unspecified atom stereocenters. The molecule has 2 aromatic carbocycles. The highest BCUT2D eigenvalue weighted by molar-refractivity contribution is 7.79. The topological polar surface area (TPSA) is 233 Å². The van der Waals surface area contributed by atoms with Crippen molar-refractivity contribution < 1.29 is 41.8 Å². The zero-order valence-corrected chi connectivity index (χ0v) is 23.9. The molecule has 0 bridgehead atoms. The monoisotopic (exact) mass is 611 g/mol. The number of nitrogens with two attached hydrogens (primary N) is 1. The number of amides is 2. The summed E-state index contributed by atoms with van der Waals surface area (Å²) in [5.41, 5.74) is 7.16. The summed E-state index contributed by atoms with van der Waals surface area (Å²) in [7, 11) is -1.55. The number of rotatable bonds is 9. The summed E-state index contributed by atoms with van der Waals surface area (Å²) in [5, 5.41) is 20.3. The number of amidine groups is 1. The van der Waals surface area contributed by atoms with E-state index in [1.54, 1.807) is 48.3 Å². The Kier molecular flexibility index (Phi) is 9.98. The van der Waals surface area contributed by atoms with Crippen LogP contribution in [0.2, 0.25) is 0 Å². The van der Waals surface area contributed by atoms with Crippen LogP contribution in [0.4, 0.5) is 5.69 Å². The molecule has 1 aliphatic rings. The third-order valence-electron chi connectivity index (χ3n) is 6.31. The van der Waals surface area contributed by atoms with Crippen LogP contribution in [0.5, 0.6) is 5.75 Å². The molecule has 0 spiro atoms. The molecule has 2 amide bonds. The van der Waals surface area contributed by atoms with Crippen molar-refractivity contribution >= 4 is 45.8 Å². The van der Waals surface area contributed by atoms with Crippen molar-refractivity contribution in [3.8, 4) is 16.9 Å². The van der Waals surface area contributed by atoms with Gasteiger partial charge in [-0.05, 0) is 61.4 Å². The molecule has 4 rings (SSSR count). The number of nitrogens with one attached hydrogen (secondary N) is 2. The van der Waals surface area contributed by atoms with Crippen molar-refractivity contribution in [3.63, 3.8) is 0 Å². The van der Waals surface area contributed by atoms with Crippen LogP contribution in [0.15, 0.2) is 55.1 Å². The first-order valence-corrected chi connectivity index (χ1v) is 13.9. The molecule has 226 valence electrons. The van der Waals surface area contributed by atoms with Crippen molar-refractivity contribution in [1.29, 1.82) is 5.41 Å². The Hall–Kier alpha value is -5.12. The lowest BCUT2D eigenvalue weighted by Gasteiger charge is -2.18. The first-order valence-electron chi connectivity index (χ1n) is 12.5. The second-order valence-electron chi connectivity index (χ2n) is 9.28. The number of carbonyl (C=O) groups excluding carboxylic acids is 2. The minimum absolute atomic E-state index is 0.00629. The fourth-order valence-electron chi connectivity index (χ4n) is 4.04. The van der Waals surface area contributed by atoms with Crippen LogP contribution in [0.1, 0.15) is 55.3 Å². The zero-order valence-electron chi connectivity index (χ0n) is 23.1. The maximum atomic E-state index is 13.4. The quantitative estimate of drug-likeness (QED) is 0.117. The second kappa shape index (κ2) is 13.2. The summed E-state index contributed by atoms with van der Waals surface area (Å²) in [5.74, 6) is -1.96. The van der Waals surface area contributed by atoms with Gasteiger partial charge in [-0.15, -0.1) is 0 Å². The smallest absolute Gasteiger partial charge is 0.394 e. The van der Waals surface area contributed by atoms with Crippen molar-refractivity contribution in [2.24, 2.45) is 5.73 Å². The number of carboxylic acids is 1. The van der Waals surface area contributed by atoms with E-state index < -0.39 is 22.3 Å². The Bertz CT molecular complexity index is 1690. The minimum atomic E-state index is -4.67. The van der Waals surface area contributed by atoms with Crippen molar-refractivity contribution in [2.45, 2.75) is 18.9 Å². The van der Waals surface area contributed by atoms with Crippen LogP contribution < -0.4 is 15.8 Å². The molecule has 15 heteroatoms. The molecule has 0 radical (unpaired) electrons. The van der Waals surface area contributed by atoms with E-state index in [1.807, 2.05) is 0 Å². The summed E-state index contributed by atoms with van der Waals surface area (Å²) < 4.78 is 37.0. The average Bonchev–Trinajstić information content (AvgIpc) is 3.80. The molecule has 1 heterocycles. The Morgan fingerprint density at radius 2 is 1.72 bits per heavy atom. The molecular formula is C28H29N5O9S. The van der Waals surface area contributed by atoms with E-state index in [4.69, 9.17) is 33.4 Å². The molecule has 0 saturated heterocycles. The summed E-state index contributed by atoms with van der Waals surface area (Å²) in [4.78, 5) is 44.3. The number of nitrogen functional groups attached to an aromatic ring is 1. The van der Waals surface area contributed by atoms with Gasteiger partial charge in [0.25, 0.3) is 11.8 Å². The van der Waals surface area contributed by atoms with E-state index in [2.05, 4.69) is 16.9 Å². The molecule has 7 N–H and O–H groups in total. The molecule has 1 aliphatic carbocycles. The largest absolute Gasteiger partial charge is 0.496 e. The fourth-order valence-corrected chi connectivity index (χ4v) is 4.04. The number of anilines is 1. The number of hydrogen-bond acceptors (Lipinski definition) is 8. The van der Waals surface area contributed by atoms with Crippen LogP contribution in [0, 0.1) is 5.41 Å². The highest BCUT2D eigenvalue weighted by Gasteiger charge is 2.31. The van der Waals surface area contributed by atoms with Gasteiger partial charge in [0.2, 0.25) is 0 Å². The summed E-state index contributed by atoms with van der Waals surface area (Å²) in [6.07, 6.45) is 3.32. The minimum Gasteiger partial charge on any atom is -0.496 e. The fraction of sp³-hybridized carbons (Fsp3) is 0.179. The Labute approximate surface area is 246 Å². The van der Waals surface area contributed by atoms with Gasteiger partial charge in [-0.25, -0.2) is 9.78 Å². The number of pyridine rings is 1. The Morgan fingerprint density at radius 1 is 1.12 bits per heavy atom. The molecule has 0 aliphatic heterocycles. The number of nitrogens with zero attached hydrogens (tertiary/aromatic N) is 2. The third-order valence-corrected chi connectivity index (χ3v) is 6.31. The molecule has 1 fully saturated rings. The standard InChI is InChI=1S/C28H27N5O5.H2O4S/c1-4-15-13-21(26(34)31-17-7-5-16(6-8-17)25(29)30)20(14-23(15)38-3)19-11-12-22(32-24(19)28(36)37)27(35)33(2)18-9-10-18;1-5(2,3)4/h4-8,11-14,18H,1,9-10H2,2-3H3,(H3,29,30)(H,31,34)(H,36,37);(H2,1,2,3,4). The predicted molar refractivity (Wildman–Crippen MR) is 158 cm³/mol. The number of methoxy groups -OCH3 is 1. The van der Waals surface area contributed by atoms with Crippen LogP contribution in [0.25, 0.3) is 17.2 Å². The van der Waals surface area contributed by atoms with Crippen molar-refractivity contribution in [2.75, 3.05) is 19.5 Å². The number of aromatic nitrogens is 1.